The van der Waals surface area contributed by atoms with Crippen molar-refractivity contribution < 1.29 is 4.74 Å². The van der Waals surface area contributed by atoms with Gasteiger partial charge in [0.15, 0.2) is 0 Å². The van der Waals surface area contributed by atoms with E-state index in [9.17, 15) is 0 Å². The van der Waals surface area contributed by atoms with Crippen LogP contribution in [-0.2, 0) is 4.74 Å². The van der Waals surface area contributed by atoms with Crippen molar-refractivity contribution in [2.45, 2.75) is 52.6 Å². The van der Waals surface area contributed by atoms with Crippen molar-refractivity contribution in [3.8, 4) is 0 Å². The van der Waals surface area contributed by atoms with Gasteiger partial charge in [0, 0.05) is 37.8 Å². The molecule has 1 aliphatic heterocycles. The highest BCUT2D eigenvalue weighted by Gasteiger charge is 2.34. The number of rotatable bonds is 6. The molecule has 17 heavy (non-hydrogen) atoms. The van der Waals surface area contributed by atoms with E-state index in [1.165, 1.54) is 6.42 Å². The van der Waals surface area contributed by atoms with Gasteiger partial charge in [-0.05, 0) is 26.2 Å². The van der Waals surface area contributed by atoms with Crippen LogP contribution in [0.15, 0.2) is 0 Å². The Labute approximate surface area is 107 Å². The van der Waals surface area contributed by atoms with Crippen LogP contribution in [0.5, 0.6) is 0 Å². The smallest absolute Gasteiger partial charge is 0.0593 e. The van der Waals surface area contributed by atoms with E-state index in [0.29, 0.717) is 17.5 Å². The molecule has 1 saturated heterocycles. The van der Waals surface area contributed by atoms with E-state index in [4.69, 9.17) is 4.74 Å². The predicted octanol–water partition coefficient (Wildman–Crippen LogP) is 2.12. The van der Waals surface area contributed by atoms with Crippen molar-refractivity contribution in [2.24, 2.45) is 5.92 Å². The van der Waals surface area contributed by atoms with E-state index in [1.807, 2.05) is 0 Å². The first kappa shape index (κ1) is 14.9. The number of ether oxygens (including phenoxy) is 1. The molecule has 0 aliphatic carbocycles. The zero-order chi connectivity index (χ0) is 12.9. The van der Waals surface area contributed by atoms with Crippen LogP contribution in [0.2, 0.25) is 0 Å². The second kappa shape index (κ2) is 6.72. The zero-order valence-corrected chi connectivity index (χ0v) is 12.3. The molecule has 2 atom stereocenters. The van der Waals surface area contributed by atoms with Crippen LogP contribution in [0.3, 0.4) is 0 Å². The Morgan fingerprint density at radius 2 is 2.18 bits per heavy atom. The number of hydrogen-bond acceptors (Lipinski definition) is 3. The molecule has 0 aromatic rings. The molecule has 1 aliphatic rings. The predicted molar refractivity (Wildman–Crippen MR) is 73.4 cm³/mol. The van der Waals surface area contributed by atoms with Gasteiger partial charge in [-0.25, -0.2) is 0 Å². The Bertz CT molecular complexity index is 220. The first-order valence-corrected chi connectivity index (χ1v) is 7.04. The SMILES string of the molecule is CCC1(C)CNC(C)CN1CCOCC(C)C. The van der Waals surface area contributed by atoms with Crippen LogP contribution in [-0.4, -0.2) is 49.3 Å². The number of piperazine rings is 1. The summed E-state index contributed by atoms with van der Waals surface area (Å²) >= 11 is 0. The lowest BCUT2D eigenvalue weighted by molar-refractivity contribution is 0.0148. The Hall–Kier alpha value is -0.120. The summed E-state index contributed by atoms with van der Waals surface area (Å²) in [7, 11) is 0. The number of nitrogens with one attached hydrogen (secondary N) is 1. The quantitative estimate of drug-likeness (QED) is 0.722. The van der Waals surface area contributed by atoms with Crippen LogP contribution in [0.25, 0.3) is 0 Å². The normalized spacial score (nSPS) is 31.1. The summed E-state index contributed by atoms with van der Waals surface area (Å²) < 4.78 is 5.71. The van der Waals surface area contributed by atoms with Gasteiger partial charge in [-0.1, -0.05) is 20.8 Å². The lowest BCUT2D eigenvalue weighted by Gasteiger charge is -2.47. The molecular formula is C14H30N2O. The number of hydrogen-bond donors (Lipinski definition) is 1. The van der Waals surface area contributed by atoms with Gasteiger partial charge in [-0.3, -0.25) is 4.90 Å². The molecule has 0 aromatic carbocycles. The van der Waals surface area contributed by atoms with E-state index in [2.05, 4.69) is 44.8 Å². The van der Waals surface area contributed by atoms with Crippen LogP contribution >= 0.6 is 0 Å². The lowest BCUT2D eigenvalue weighted by Crippen LogP contribution is -2.62. The lowest BCUT2D eigenvalue weighted by atomic mass is 9.92. The maximum Gasteiger partial charge on any atom is 0.0593 e. The monoisotopic (exact) mass is 242 g/mol. The molecule has 1 heterocycles. The summed E-state index contributed by atoms with van der Waals surface area (Å²) in [5, 5.41) is 3.58. The standard InChI is InChI=1S/C14H30N2O/c1-6-14(5)11-15-13(4)9-16(14)7-8-17-10-12(2)3/h12-13,15H,6-11H2,1-5H3. The fraction of sp³-hybridized carbons (Fsp3) is 1.00. The maximum atomic E-state index is 5.71. The van der Waals surface area contributed by atoms with Gasteiger partial charge in [0.2, 0.25) is 0 Å². The van der Waals surface area contributed by atoms with Crippen LogP contribution in [0, 0.1) is 5.92 Å². The summed E-state index contributed by atoms with van der Waals surface area (Å²) in [6, 6.07) is 0.597. The van der Waals surface area contributed by atoms with Gasteiger partial charge in [-0.2, -0.15) is 0 Å². The van der Waals surface area contributed by atoms with Crippen molar-refractivity contribution in [3.05, 3.63) is 0 Å². The minimum absolute atomic E-state index is 0.299. The van der Waals surface area contributed by atoms with Crippen molar-refractivity contribution in [1.29, 1.82) is 0 Å². The van der Waals surface area contributed by atoms with Crippen molar-refractivity contribution in [3.63, 3.8) is 0 Å². The summed E-state index contributed by atoms with van der Waals surface area (Å²) in [5.74, 6) is 0.634. The molecule has 0 bridgehead atoms. The molecule has 3 heteroatoms. The topological polar surface area (TPSA) is 24.5 Å². The Morgan fingerprint density at radius 3 is 2.76 bits per heavy atom. The molecule has 102 valence electrons. The van der Waals surface area contributed by atoms with Crippen molar-refractivity contribution in [2.75, 3.05) is 32.8 Å². The highest BCUT2D eigenvalue weighted by molar-refractivity contribution is 4.93. The maximum absolute atomic E-state index is 5.71. The molecule has 2 unspecified atom stereocenters. The third kappa shape index (κ3) is 4.57. The third-order valence-electron chi connectivity index (χ3n) is 3.81. The average molecular weight is 242 g/mol. The third-order valence-corrected chi connectivity index (χ3v) is 3.81. The molecule has 1 rings (SSSR count). The van der Waals surface area contributed by atoms with E-state index in [-0.39, 0.29) is 0 Å². The molecule has 0 spiro atoms. The summed E-state index contributed by atoms with van der Waals surface area (Å²) in [6.45, 7) is 16.3. The van der Waals surface area contributed by atoms with Gasteiger partial charge in [0.05, 0.1) is 6.61 Å². The number of nitrogens with zero attached hydrogens (tertiary/aromatic N) is 1. The van der Waals surface area contributed by atoms with Gasteiger partial charge in [0.1, 0.15) is 0 Å². The van der Waals surface area contributed by atoms with Crippen LogP contribution in [0.4, 0.5) is 0 Å². The highest BCUT2D eigenvalue weighted by atomic mass is 16.5. The van der Waals surface area contributed by atoms with E-state index in [1.54, 1.807) is 0 Å². The van der Waals surface area contributed by atoms with Crippen molar-refractivity contribution in [1.82, 2.24) is 10.2 Å². The largest absolute Gasteiger partial charge is 0.380 e. The summed E-state index contributed by atoms with van der Waals surface area (Å²) in [6.07, 6.45) is 1.19. The minimum Gasteiger partial charge on any atom is -0.380 e. The molecule has 1 N–H and O–H groups in total. The molecule has 1 fully saturated rings. The molecule has 0 amide bonds. The molecule has 0 saturated carbocycles. The highest BCUT2D eigenvalue weighted by Crippen LogP contribution is 2.22. The second-order valence-electron chi connectivity index (χ2n) is 6.05. The summed E-state index contributed by atoms with van der Waals surface area (Å²) in [4.78, 5) is 2.59. The summed E-state index contributed by atoms with van der Waals surface area (Å²) in [5.41, 5.74) is 0.299. The second-order valence-corrected chi connectivity index (χ2v) is 6.05. The fourth-order valence-corrected chi connectivity index (χ4v) is 2.33. The average Bonchev–Trinajstić information content (AvgIpc) is 2.29. The molecular weight excluding hydrogens is 212 g/mol. The Morgan fingerprint density at radius 1 is 1.47 bits per heavy atom. The van der Waals surface area contributed by atoms with E-state index >= 15 is 0 Å². The van der Waals surface area contributed by atoms with E-state index < -0.39 is 0 Å². The fourth-order valence-electron chi connectivity index (χ4n) is 2.33. The zero-order valence-electron chi connectivity index (χ0n) is 12.3. The van der Waals surface area contributed by atoms with Gasteiger partial charge >= 0.3 is 0 Å². The first-order valence-electron chi connectivity index (χ1n) is 7.04. The van der Waals surface area contributed by atoms with Gasteiger partial charge in [0.25, 0.3) is 0 Å². The minimum atomic E-state index is 0.299. The van der Waals surface area contributed by atoms with Gasteiger partial charge < -0.3 is 10.1 Å². The molecule has 0 radical (unpaired) electrons. The van der Waals surface area contributed by atoms with Crippen LogP contribution < -0.4 is 5.32 Å². The van der Waals surface area contributed by atoms with Gasteiger partial charge in [-0.15, -0.1) is 0 Å². The molecule has 3 nitrogen and oxygen atoms in total. The van der Waals surface area contributed by atoms with E-state index in [0.717, 1.165) is 32.8 Å². The Balaban J connectivity index is 2.36. The first-order chi connectivity index (χ1) is 7.98. The van der Waals surface area contributed by atoms with Crippen LogP contribution in [0.1, 0.15) is 41.0 Å². The molecule has 0 aromatic heterocycles. The Kier molecular flexibility index (Phi) is 5.90. The van der Waals surface area contributed by atoms with Crippen molar-refractivity contribution >= 4 is 0 Å².